The molecular formula is C21H29N. The molecule has 1 heteroatoms. The van der Waals surface area contributed by atoms with Gasteiger partial charge >= 0.3 is 0 Å². The summed E-state index contributed by atoms with van der Waals surface area (Å²) >= 11 is 0. The molecule has 0 aliphatic heterocycles. The van der Waals surface area contributed by atoms with Crippen molar-refractivity contribution < 1.29 is 0 Å². The highest BCUT2D eigenvalue weighted by molar-refractivity contribution is 5.62. The smallest absolute Gasteiger partial charge is 0.0346 e. The van der Waals surface area contributed by atoms with Crippen LogP contribution in [0.1, 0.15) is 63.9 Å². The topological polar surface area (TPSA) is 12.9 Å². The molecule has 0 N–H and O–H groups in total. The summed E-state index contributed by atoms with van der Waals surface area (Å²) in [5.41, 5.74) is 3.91. The van der Waals surface area contributed by atoms with Gasteiger partial charge in [-0.05, 0) is 35.6 Å². The number of aryl methyl sites for hydroxylation is 1. The maximum absolute atomic E-state index is 4.18. The first-order chi connectivity index (χ1) is 10.9. The molecule has 2 aromatic rings. The zero-order valence-corrected chi connectivity index (χ0v) is 13.9. The standard InChI is InChI=1S/C21H29N/c1-2-3-4-5-6-7-8-9-11-19-13-15-20(16-14-19)21-12-10-17-22-18-21/h10,12-18H,2-9,11H2,1H3. The Bertz CT molecular complexity index is 501. The fourth-order valence-corrected chi connectivity index (χ4v) is 2.86. The quantitative estimate of drug-likeness (QED) is 0.460. The van der Waals surface area contributed by atoms with Gasteiger partial charge in [-0.25, -0.2) is 0 Å². The molecule has 0 fully saturated rings. The van der Waals surface area contributed by atoms with Crippen molar-refractivity contribution in [2.75, 3.05) is 0 Å². The molecule has 1 heterocycles. The average molecular weight is 295 g/mol. The Morgan fingerprint density at radius 2 is 1.41 bits per heavy atom. The van der Waals surface area contributed by atoms with Gasteiger partial charge in [0.25, 0.3) is 0 Å². The lowest BCUT2D eigenvalue weighted by Gasteiger charge is -2.05. The van der Waals surface area contributed by atoms with Crippen LogP contribution >= 0.6 is 0 Å². The van der Waals surface area contributed by atoms with Gasteiger partial charge in [0.05, 0.1) is 0 Å². The minimum absolute atomic E-state index is 1.20. The van der Waals surface area contributed by atoms with Gasteiger partial charge in [0.15, 0.2) is 0 Å². The second-order valence-corrected chi connectivity index (χ2v) is 6.16. The summed E-state index contributed by atoms with van der Waals surface area (Å²) in [6.45, 7) is 2.28. The molecule has 1 aromatic heterocycles. The summed E-state index contributed by atoms with van der Waals surface area (Å²) in [4.78, 5) is 4.18. The number of hydrogen-bond donors (Lipinski definition) is 0. The molecule has 0 amide bonds. The minimum atomic E-state index is 1.20. The molecule has 0 aliphatic carbocycles. The lowest BCUT2D eigenvalue weighted by molar-refractivity contribution is 0.575. The third-order valence-corrected chi connectivity index (χ3v) is 4.27. The predicted octanol–water partition coefficient (Wildman–Crippen LogP) is 6.43. The normalized spacial score (nSPS) is 10.8. The molecule has 118 valence electrons. The van der Waals surface area contributed by atoms with E-state index in [1.165, 1.54) is 74.5 Å². The monoisotopic (exact) mass is 295 g/mol. The van der Waals surface area contributed by atoms with Gasteiger partial charge in [-0.1, -0.05) is 82.2 Å². The van der Waals surface area contributed by atoms with Crippen molar-refractivity contribution in [3.8, 4) is 11.1 Å². The van der Waals surface area contributed by atoms with Crippen LogP contribution in [-0.4, -0.2) is 4.98 Å². The van der Waals surface area contributed by atoms with E-state index in [4.69, 9.17) is 0 Å². The van der Waals surface area contributed by atoms with Gasteiger partial charge in [-0.15, -0.1) is 0 Å². The third-order valence-electron chi connectivity index (χ3n) is 4.27. The van der Waals surface area contributed by atoms with Crippen LogP contribution in [0, 0.1) is 0 Å². The predicted molar refractivity (Wildman–Crippen MR) is 96.0 cm³/mol. The molecule has 0 bridgehead atoms. The highest BCUT2D eigenvalue weighted by Gasteiger charge is 1.98. The number of hydrogen-bond acceptors (Lipinski definition) is 1. The van der Waals surface area contributed by atoms with Crippen LogP contribution in [0.3, 0.4) is 0 Å². The first-order valence-electron chi connectivity index (χ1n) is 8.89. The lowest BCUT2D eigenvalue weighted by atomic mass is 10.0. The molecule has 1 aromatic carbocycles. The first kappa shape index (κ1) is 16.7. The number of pyridine rings is 1. The number of benzene rings is 1. The number of aromatic nitrogens is 1. The fourth-order valence-electron chi connectivity index (χ4n) is 2.86. The van der Waals surface area contributed by atoms with Crippen LogP contribution in [0.5, 0.6) is 0 Å². The van der Waals surface area contributed by atoms with E-state index in [1.807, 2.05) is 18.5 Å². The summed E-state index contributed by atoms with van der Waals surface area (Å²) in [5, 5.41) is 0. The van der Waals surface area contributed by atoms with E-state index in [1.54, 1.807) is 0 Å². The summed E-state index contributed by atoms with van der Waals surface area (Å²) < 4.78 is 0. The average Bonchev–Trinajstić information content (AvgIpc) is 2.59. The van der Waals surface area contributed by atoms with Crippen molar-refractivity contribution in [3.63, 3.8) is 0 Å². The number of rotatable bonds is 10. The van der Waals surface area contributed by atoms with Gasteiger partial charge in [-0.3, -0.25) is 4.98 Å². The van der Waals surface area contributed by atoms with Gasteiger partial charge in [0.2, 0.25) is 0 Å². The van der Waals surface area contributed by atoms with Crippen molar-refractivity contribution in [1.29, 1.82) is 0 Å². The maximum atomic E-state index is 4.18. The van der Waals surface area contributed by atoms with E-state index in [0.717, 1.165) is 0 Å². The Hall–Kier alpha value is -1.63. The van der Waals surface area contributed by atoms with Crippen LogP contribution in [0.25, 0.3) is 11.1 Å². The third kappa shape index (κ3) is 6.01. The van der Waals surface area contributed by atoms with Crippen molar-refractivity contribution in [2.24, 2.45) is 0 Å². The van der Waals surface area contributed by atoms with Gasteiger partial charge < -0.3 is 0 Å². The molecule has 2 rings (SSSR count). The largest absolute Gasteiger partial charge is 0.264 e. The van der Waals surface area contributed by atoms with Crippen LogP contribution in [0.2, 0.25) is 0 Å². The van der Waals surface area contributed by atoms with Crippen LogP contribution in [0.15, 0.2) is 48.8 Å². The molecule has 0 saturated carbocycles. The van der Waals surface area contributed by atoms with Crippen LogP contribution in [0.4, 0.5) is 0 Å². The Balaban J connectivity index is 1.65. The molecule has 0 aliphatic rings. The van der Waals surface area contributed by atoms with E-state index in [-0.39, 0.29) is 0 Å². The Kier molecular flexibility index (Phi) is 7.73. The summed E-state index contributed by atoms with van der Waals surface area (Å²) in [5.74, 6) is 0. The molecule has 0 atom stereocenters. The van der Waals surface area contributed by atoms with E-state index < -0.39 is 0 Å². The zero-order chi connectivity index (χ0) is 15.5. The second-order valence-electron chi connectivity index (χ2n) is 6.16. The Labute approximate surface area is 135 Å². The van der Waals surface area contributed by atoms with Gasteiger partial charge in [-0.2, -0.15) is 0 Å². The van der Waals surface area contributed by atoms with E-state index in [2.05, 4.69) is 42.2 Å². The first-order valence-corrected chi connectivity index (χ1v) is 8.89. The van der Waals surface area contributed by atoms with Crippen molar-refractivity contribution in [3.05, 3.63) is 54.4 Å². The highest BCUT2D eigenvalue weighted by Crippen LogP contribution is 2.19. The number of unbranched alkanes of at least 4 members (excludes halogenated alkanes) is 7. The van der Waals surface area contributed by atoms with E-state index >= 15 is 0 Å². The Morgan fingerprint density at radius 3 is 2.05 bits per heavy atom. The molecule has 0 radical (unpaired) electrons. The lowest BCUT2D eigenvalue weighted by Crippen LogP contribution is -1.87. The highest BCUT2D eigenvalue weighted by atomic mass is 14.6. The van der Waals surface area contributed by atoms with Crippen LogP contribution < -0.4 is 0 Å². The molecule has 0 spiro atoms. The molecule has 22 heavy (non-hydrogen) atoms. The van der Waals surface area contributed by atoms with E-state index in [9.17, 15) is 0 Å². The van der Waals surface area contributed by atoms with Crippen LogP contribution in [-0.2, 0) is 6.42 Å². The zero-order valence-electron chi connectivity index (χ0n) is 13.9. The summed E-state index contributed by atoms with van der Waals surface area (Å²) in [7, 11) is 0. The van der Waals surface area contributed by atoms with Gasteiger partial charge in [0, 0.05) is 12.4 Å². The summed E-state index contributed by atoms with van der Waals surface area (Å²) in [6.07, 6.45) is 16.1. The number of nitrogens with zero attached hydrogens (tertiary/aromatic N) is 1. The summed E-state index contributed by atoms with van der Waals surface area (Å²) in [6, 6.07) is 13.1. The Morgan fingerprint density at radius 1 is 0.727 bits per heavy atom. The fraction of sp³-hybridized carbons (Fsp3) is 0.476. The second kappa shape index (κ2) is 10.2. The van der Waals surface area contributed by atoms with Crippen molar-refractivity contribution >= 4 is 0 Å². The molecular weight excluding hydrogens is 266 g/mol. The maximum Gasteiger partial charge on any atom is 0.0346 e. The molecule has 0 unspecified atom stereocenters. The van der Waals surface area contributed by atoms with E-state index in [0.29, 0.717) is 0 Å². The molecule has 0 saturated heterocycles. The van der Waals surface area contributed by atoms with Crippen molar-refractivity contribution in [2.45, 2.75) is 64.7 Å². The van der Waals surface area contributed by atoms with Crippen molar-refractivity contribution in [1.82, 2.24) is 4.98 Å². The minimum Gasteiger partial charge on any atom is -0.264 e. The molecule has 1 nitrogen and oxygen atoms in total. The SMILES string of the molecule is CCCCCCCCCCc1ccc(-c2cccnc2)cc1. The van der Waals surface area contributed by atoms with Gasteiger partial charge in [0.1, 0.15) is 0 Å².